The summed E-state index contributed by atoms with van der Waals surface area (Å²) in [4.78, 5) is 3.68. The third-order valence-corrected chi connectivity index (χ3v) is 4.31. The summed E-state index contributed by atoms with van der Waals surface area (Å²) < 4.78 is 0. The highest BCUT2D eigenvalue weighted by Gasteiger charge is 2.07. The van der Waals surface area contributed by atoms with Crippen LogP contribution in [0.5, 0.6) is 0 Å². The zero-order valence-electron chi connectivity index (χ0n) is 11.5. The first-order valence-corrected chi connectivity index (χ1v) is 7.58. The number of fused-ring (bicyclic) bond motifs is 1. The van der Waals surface area contributed by atoms with Gasteiger partial charge >= 0.3 is 0 Å². The first-order chi connectivity index (χ1) is 9.72. The number of hydrogen-bond donors (Lipinski definition) is 1. The smallest absolute Gasteiger partial charge is 0.0366 e. The molecule has 0 bridgehead atoms. The van der Waals surface area contributed by atoms with Crippen LogP contribution in [0.3, 0.4) is 0 Å². The van der Waals surface area contributed by atoms with Crippen molar-refractivity contribution >= 4 is 27.8 Å². The second-order valence-electron chi connectivity index (χ2n) is 5.15. The quantitative estimate of drug-likeness (QED) is 0.729. The molecule has 0 saturated carbocycles. The second-order valence-corrected chi connectivity index (χ2v) is 6.18. The summed E-state index contributed by atoms with van der Waals surface area (Å²) in [6.07, 6.45) is 0. The molecule has 0 spiro atoms. The molecule has 102 valence electrons. The molecular formula is C17H18N2S. The average Bonchev–Trinajstić information content (AvgIpc) is 2.92. The van der Waals surface area contributed by atoms with Gasteiger partial charge in [0.05, 0.1) is 0 Å². The van der Waals surface area contributed by atoms with Gasteiger partial charge in [-0.25, -0.2) is 0 Å². The number of thiophene rings is 1. The van der Waals surface area contributed by atoms with E-state index in [9.17, 15) is 0 Å². The van der Waals surface area contributed by atoms with Crippen LogP contribution in [-0.2, 0) is 13.1 Å². The van der Waals surface area contributed by atoms with Crippen LogP contribution >= 0.6 is 11.3 Å². The van der Waals surface area contributed by atoms with E-state index in [-0.39, 0.29) is 0 Å². The van der Waals surface area contributed by atoms with Crippen molar-refractivity contribution in [3.05, 3.63) is 64.4 Å². The molecule has 3 heteroatoms. The van der Waals surface area contributed by atoms with Crippen molar-refractivity contribution in [2.45, 2.75) is 13.1 Å². The van der Waals surface area contributed by atoms with Crippen LogP contribution in [0.25, 0.3) is 10.8 Å². The summed E-state index contributed by atoms with van der Waals surface area (Å²) in [5.41, 5.74) is 8.26. The van der Waals surface area contributed by atoms with E-state index >= 15 is 0 Å². The van der Waals surface area contributed by atoms with Gasteiger partial charge < -0.3 is 5.73 Å². The van der Waals surface area contributed by atoms with Crippen LogP contribution in [0.4, 0.5) is 5.69 Å². The Hall–Kier alpha value is -1.84. The van der Waals surface area contributed by atoms with Crippen LogP contribution in [0.1, 0.15) is 10.4 Å². The predicted molar refractivity (Wildman–Crippen MR) is 87.9 cm³/mol. The average molecular weight is 282 g/mol. The molecule has 2 aromatic carbocycles. The maximum atomic E-state index is 6.18. The molecule has 2 N–H and O–H groups in total. The molecular weight excluding hydrogens is 264 g/mol. The minimum atomic E-state index is 0.870. The fourth-order valence-corrected chi connectivity index (χ4v) is 3.24. The Morgan fingerprint density at radius 2 is 1.75 bits per heavy atom. The van der Waals surface area contributed by atoms with Crippen LogP contribution in [-0.4, -0.2) is 11.9 Å². The highest BCUT2D eigenvalue weighted by atomic mass is 32.1. The van der Waals surface area contributed by atoms with E-state index in [2.05, 4.69) is 59.8 Å². The molecule has 1 aromatic heterocycles. The van der Waals surface area contributed by atoms with Gasteiger partial charge in [-0.15, -0.1) is 11.3 Å². The molecule has 0 aliphatic heterocycles. The zero-order chi connectivity index (χ0) is 13.9. The zero-order valence-corrected chi connectivity index (χ0v) is 12.4. The van der Waals surface area contributed by atoms with Gasteiger partial charge in [0.1, 0.15) is 0 Å². The number of nitrogens with zero attached hydrogens (tertiary/aromatic N) is 1. The Kier molecular flexibility index (Phi) is 3.72. The Morgan fingerprint density at radius 3 is 2.45 bits per heavy atom. The third kappa shape index (κ3) is 2.84. The van der Waals surface area contributed by atoms with Crippen molar-refractivity contribution in [3.63, 3.8) is 0 Å². The lowest BCUT2D eigenvalue weighted by molar-refractivity contribution is 0.322. The maximum absolute atomic E-state index is 6.18. The van der Waals surface area contributed by atoms with E-state index in [1.807, 2.05) is 6.07 Å². The Labute approximate surface area is 123 Å². The minimum absolute atomic E-state index is 0.870. The lowest BCUT2D eigenvalue weighted by atomic mass is 10.0. The lowest BCUT2D eigenvalue weighted by Gasteiger charge is -2.17. The van der Waals surface area contributed by atoms with E-state index in [0.717, 1.165) is 18.8 Å². The van der Waals surface area contributed by atoms with Crippen molar-refractivity contribution in [3.8, 4) is 0 Å². The maximum Gasteiger partial charge on any atom is 0.0366 e. The highest BCUT2D eigenvalue weighted by Crippen LogP contribution is 2.23. The lowest BCUT2D eigenvalue weighted by Crippen LogP contribution is -2.17. The summed E-state index contributed by atoms with van der Waals surface area (Å²) in [6.45, 7) is 1.83. The molecule has 0 unspecified atom stereocenters. The van der Waals surface area contributed by atoms with Gasteiger partial charge in [0.25, 0.3) is 0 Å². The molecule has 1 heterocycles. The summed E-state index contributed by atoms with van der Waals surface area (Å²) in [6, 6.07) is 16.9. The molecule has 20 heavy (non-hydrogen) atoms. The van der Waals surface area contributed by atoms with Crippen molar-refractivity contribution < 1.29 is 0 Å². The van der Waals surface area contributed by atoms with E-state index in [0.29, 0.717) is 0 Å². The normalized spacial score (nSPS) is 11.3. The number of anilines is 1. The SMILES string of the molecule is CN(Cc1cccs1)Cc1cc2ccccc2cc1N. The molecule has 0 amide bonds. The van der Waals surface area contributed by atoms with Gasteiger partial charge in [0, 0.05) is 23.7 Å². The first kappa shape index (κ1) is 13.2. The van der Waals surface area contributed by atoms with E-state index < -0.39 is 0 Å². The number of benzene rings is 2. The van der Waals surface area contributed by atoms with E-state index in [1.165, 1.54) is 21.2 Å². The Morgan fingerprint density at radius 1 is 1.00 bits per heavy atom. The van der Waals surface area contributed by atoms with Gasteiger partial charge in [0.15, 0.2) is 0 Å². The number of nitrogen functional groups attached to an aromatic ring is 1. The topological polar surface area (TPSA) is 29.3 Å². The van der Waals surface area contributed by atoms with Gasteiger partial charge in [-0.1, -0.05) is 30.3 Å². The molecule has 2 nitrogen and oxygen atoms in total. The molecule has 0 radical (unpaired) electrons. The van der Waals surface area contributed by atoms with E-state index in [4.69, 9.17) is 5.73 Å². The van der Waals surface area contributed by atoms with Crippen LogP contribution in [0.15, 0.2) is 53.9 Å². The predicted octanol–water partition coefficient (Wildman–Crippen LogP) is 4.12. The second kappa shape index (κ2) is 5.65. The summed E-state index contributed by atoms with van der Waals surface area (Å²) >= 11 is 1.80. The number of nitrogens with two attached hydrogens (primary N) is 1. The largest absolute Gasteiger partial charge is 0.398 e. The standard InChI is InChI=1S/C17H18N2S/c1-19(12-16-7-4-8-20-16)11-15-9-13-5-2-3-6-14(13)10-17(15)18/h2-10H,11-12,18H2,1H3. The molecule has 3 rings (SSSR count). The summed E-state index contributed by atoms with van der Waals surface area (Å²) in [5.74, 6) is 0. The molecule has 0 atom stereocenters. The minimum Gasteiger partial charge on any atom is -0.398 e. The third-order valence-electron chi connectivity index (χ3n) is 3.45. The number of rotatable bonds is 4. The monoisotopic (exact) mass is 282 g/mol. The molecule has 0 saturated heterocycles. The van der Waals surface area contributed by atoms with Gasteiger partial charge in [-0.3, -0.25) is 4.90 Å². The van der Waals surface area contributed by atoms with Gasteiger partial charge in [-0.2, -0.15) is 0 Å². The molecule has 0 aliphatic rings. The fraction of sp³-hybridized carbons (Fsp3) is 0.176. The van der Waals surface area contributed by atoms with Gasteiger partial charge in [0.2, 0.25) is 0 Å². The summed E-state index contributed by atoms with van der Waals surface area (Å²) in [5, 5.41) is 4.57. The first-order valence-electron chi connectivity index (χ1n) is 6.70. The van der Waals surface area contributed by atoms with E-state index in [1.54, 1.807) is 11.3 Å². The van der Waals surface area contributed by atoms with Crippen molar-refractivity contribution in [1.82, 2.24) is 4.90 Å². The highest BCUT2D eigenvalue weighted by molar-refractivity contribution is 7.09. The van der Waals surface area contributed by atoms with Gasteiger partial charge in [-0.05, 0) is 47.0 Å². The Balaban J connectivity index is 1.81. The van der Waals surface area contributed by atoms with Crippen molar-refractivity contribution in [1.29, 1.82) is 0 Å². The van der Waals surface area contributed by atoms with Crippen molar-refractivity contribution in [2.24, 2.45) is 0 Å². The molecule has 0 fully saturated rings. The van der Waals surface area contributed by atoms with Crippen molar-refractivity contribution in [2.75, 3.05) is 12.8 Å². The van der Waals surface area contributed by atoms with Crippen LogP contribution in [0.2, 0.25) is 0 Å². The Bertz CT molecular complexity index is 704. The summed E-state index contributed by atoms with van der Waals surface area (Å²) in [7, 11) is 2.13. The molecule has 3 aromatic rings. The van der Waals surface area contributed by atoms with Crippen LogP contribution < -0.4 is 5.73 Å². The number of hydrogen-bond acceptors (Lipinski definition) is 3. The van der Waals surface area contributed by atoms with Crippen LogP contribution in [0, 0.1) is 0 Å². The molecule has 0 aliphatic carbocycles. The fourth-order valence-electron chi connectivity index (χ4n) is 2.46.